The summed E-state index contributed by atoms with van der Waals surface area (Å²) in [7, 11) is 0. The summed E-state index contributed by atoms with van der Waals surface area (Å²) in [5, 5.41) is 17.0. The predicted octanol–water partition coefficient (Wildman–Crippen LogP) is -0.633. The molecule has 0 aliphatic carbocycles. The summed E-state index contributed by atoms with van der Waals surface area (Å²) in [6.45, 7) is 7.20. The lowest BCUT2D eigenvalue weighted by Gasteiger charge is -2.25. The molecule has 0 spiro atoms. The molecule has 3 atom stereocenters. The van der Waals surface area contributed by atoms with Crippen LogP contribution in [0.5, 0.6) is 0 Å². The van der Waals surface area contributed by atoms with Crippen LogP contribution in [0.15, 0.2) is 12.5 Å². The predicted molar refractivity (Wildman–Crippen MR) is 118 cm³/mol. The van der Waals surface area contributed by atoms with Crippen molar-refractivity contribution in [3.63, 3.8) is 0 Å². The number of hydrogen-bond donors (Lipinski definition) is 6. The van der Waals surface area contributed by atoms with Gasteiger partial charge in [0.2, 0.25) is 23.6 Å². The van der Waals surface area contributed by atoms with Gasteiger partial charge in [0.15, 0.2) is 0 Å². The third-order valence-electron chi connectivity index (χ3n) is 4.76. The number of primary amides is 1. The molecule has 0 radical (unpaired) electrons. The molecule has 1 rings (SSSR count). The van der Waals surface area contributed by atoms with E-state index >= 15 is 0 Å². The van der Waals surface area contributed by atoms with Crippen LogP contribution >= 0.6 is 0 Å². The lowest BCUT2D eigenvalue weighted by molar-refractivity contribution is -0.133. The number of nitrogens with one attached hydrogen (secondary N) is 4. The van der Waals surface area contributed by atoms with E-state index in [0.29, 0.717) is 30.9 Å². The maximum atomic E-state index is 13.0. The summed E-state index contributed by atoms with van der Waals surface area (Å²) < 4.78 is 0. The van der Waals surface area contributed by atoms with Gasteiger partial charge in [-0.1, -0.05) is 27.7 Å². The molecule has 11 nitrogen and oxygen atoms in total. The van der Waals surface area contributed by atoms with Gasteiger partial charge in [0.05, 0.1) is 12.9 Å². The van der Waals surface area contributed by atoms with E-state index in [-0.39, 0.29) is 18.2 Å². The lowest BCUT2D eigenvalue weighted by Crippen LogP contribution is -2.57. The largest absolute Gasteiger partial charge is 0.394 e. The molecule has 1 aromatic heterocycles. The molecule has 0 unspecified atom stereocenters. The average Bonchev–Trinajstić information content (AvgIpc) is 3.21. The first kappa shape index (κ1) is 27.1. The van der Waals surface area contributed by atoms with Crippen molar-refractivity contribution in [2.24, 2.45) is 17.6 Å². The number of aromatic nitrogens is 2. The highest BCUT2D eigenvalue weighted by Gasteiger charge is 2.29. The molecule has 180 valence electrons. The minimum Gasteiger partial charge on any atom is -0.394 e. The molecule has 11 heteroatoms. The topological polar surface area (TPSA) is 179 Å². The molecule has 0 aliphatic heterocycles. The van der Waals surface area contributed by atoms with Gasteiger partial charge < -0.3 is 31.8 Å². The summed E-state index contributed by atoms with van der Waals surface area (Å²) in [4.78, 5) is 56.2. The number of aromatic amines is 1. The van der Waals surface area contributed by atoms with Crippen LogP contribution in [0.4, 0.5) is 0 Å². The number of aliphatic hydroxyl groups excluding tert-OH is 1. The number of amides is 4. The second-order valence-corrected chi connectivity index (χ2v) is 8.67. The number of aliphatic hydroxyl groups is 1. The fourth-order valence-electron chi connectivity index (χ4n) is 2.97. The Morgan fingerprint density at radius 3 is 2.12 bits per heavy atom. The molecule has 0 saturated carbocycles. The van der Waals surface area contributed by atoms with Crippen molar-refractivity contribution >= 4 is 23.6 Å². The van der Waals surface area contributed by atoms with Crippen molar-refractivity contribution in [2.75, 3.05) is 6.61 Å². The monoisotopic (exact) mass is 452 g/mol. The Morgan fingerprint density at radius 1 is 1.00 bits per heavy atom. The molecule has 0 bridgehead atoms. The van der Waals surface area contributed by atoms with Gasteiger partial charge in [-0.15, -0.1) is 0 Å². The molecule has 32 heavy (non-hydrogen) atoms. The highest BCUT2D eigenvalue weighted by atomic mass is 16.3. The van der Waals surface area contributed by atoms with Crippen molar-refractivity contribution in [3.05, 3.63) is 18.2 Å². The van der Waals surface area contributed by atoms with E-state index in [2.05, 4.69) is 25.9 Å². The van der Waals surface area contributed by atoms with E-state index in [1.54, 1.807) is 0 Å². The smallest absolute Gasteiger partial charge is 0.243 e. The Morgan fingerprint density at radius 2 is 1.62 bits per heavy atom. The number of rotatable bonds is 14. The number of hydrogen-bond acceptors (Lipinski definition) is 6. The van der Waals surface area contributed by atoms with E-state index < -0.39 is 42.5 Å². The zero-order valence-corrected chi connectivity index (χ0v) is 19.2. The Labute approximate surface area is 188 Å². The van der Waals surface area contributed by atoms with Gasteiger partial charge in [-0.3, -0.25) is 19.2 Å². The quantitative estimate of drug-likeness (QED) is 0.219. The molecular formula is C21H36N6O5. The normalized spacial score (nSPS) is 14.0. The van der Waals surface area contributed by atoms with E-state index in [9.17, 15) is 24.3 Å². The number of imidazole rings is 1. The number of nitrogens with zero attached hydrogens (tertiary/aromatic N) is 1. The molecule has 1 aromatic rings. The fourth-order valence-corrected chi connectivity index (χ4v) is 2.97. The third kappa shape index (κ3) is 9.90. The van der Waals surface area contributed by atoms with Gasteiger partial charge >= 0.3 is 0 Å². The minimum absolute atomic E-state index is 0.0597. The van der Waals surface area contributed by atoms with E-state index in [1.165, 1.54) is 12.5 Å². The van der Waals surface area contributed by atoms with Crippen molar-refractivity contribution in [1.29, 1.82) is 0 Å². The zero-order chi connectivity index (χ0) is 24.3. The Hall–Kier alpha value is -2.95. The first-order valence-corrected chi connectivity index (χ1v) is 10.8. The Balaban J connectivity index is 2.96. The molecule has 0 saturated heterocycles. The molecule has 0 aromatic carbocycles. The molecule has 4 amide bonds. The van der Waals surface area contributed by atoms with Gasteiger partial charge in [0, 0.05) is 24.7 Å². The number of H-pyrrole nitrogens is 1. The maximum Gasteiger partial charge on any atom is 0.243 e. The highest BCUT2D eigenvalue weighted by Crippen LogP contribution is 2.09. The van der Waals surface area contributed by atoms with Crippen LogP contribution in [-0.2, 0) is 25.6 Å². The minimum atomic E-state index is -1.29. The van der Waals surface area contributed by atoms with Gasteiger partial charge in [-0.25, -0.2) is 4.98 Å². The highest BCUT2D eigenvalue weighted by molar-refractivity contribution is 5.94. The van der Waals surface area contributed by atoms with Gasteiger partial charge in [-0.05, 0) is 24.7 Å². The molecule has 0 aliphatic rings. The van der Waals surface area contributed by atoms with E-state index in [4.69, 9.17) is 5.73 Å². The van der Waals surface area contributed by atoms with Crippen LogP contribution in [0.25, 0.3) is 0 Å². The fraction of sp³-hybridized carbons (Fsp3) is 0.667. The van der Waals surface area contributed by atoms with Crippen LogP contribution in [0.3, 0.4) is 0 Å². The van der Waals surface area contributed by atoms with Crippen LogP contribution in [0, 0.1) is 11.8 Å². The average molecular weight is 453 g/mol. The second kappa shape index (κ2) is 13.5. The van der Waals surface area contributed by atoms with Gasteiger partial charge in [0.25, 0.3) is 0 Å². The standard InChI is InChI=1S/C21H36N6O5/c1-12(2)5-6-18(29)25-15(7-13(3)4)20(31)26-16(8-14-9-23-11-24-14)21(32)27-17(10-28)19(22)30/h9,11-13,15-17,28H,5-8,10H2,1-4H3,(H2,22,30)(H,23,24)(H,25,29)(H,26,31)(H,27,32)/t15-,16-,17-/m0/s1. The first-order valence-electron chi connectivity index (χ1n) is 10.8. The van der Waals surface area contributed by atoms with Gasteiger partial charge in [0.1, 0.15) is 18.1 Å². The molecule has 1 heterocycles. The SMILES string of the molecule is CC(C)CCC(=O)N[C@@H](CC(C)C)C(=O)N[C@@H](Cc1cnc[nH]1)C(=O)N[C@@H](CO)C(N)=O. The van der Waals surface area contributed by atoms with Crippen molar-refractivity contribution in [1.82, 2.24) is 25.9 Å². The Kier molecular flexibility index (Phi) is 11.4. The summed E-state index contributed by atoms with van der Waals surface area (Å²) in [6.07, 6.45) is 4.38. The molecular weight excluding hydrogens is 416 g/mol. The van der Waals surface area contributed by atoms with Gasteiger partial charge in [-0.2, -0.15) is 0 Å². The third-order valence-corrected chi connectivity index (χ3v) is 4.76. The first-order chi connectivity index (χ1) is 15.0. The zero-order valence-electron chi connectivity index (χ0n) is 19.2. The van der Waals surface area contributed by atoms with Crippen LogP contribution < -0.4 is 21.7 Å². The summed E-state index contributed by atoms with van der Waals surface area (Å²) in [5.41, 5.74) is 5.75. The summed E-state index contributed by atoms with van der Waals surface area (Å²) in [5.74, 6) is -1.88. The number of carbonyl (C=O) groups is 4. The molecule has 0 fully saturated rings. The van der Waals surface area contributed by atoms with Crippen molar-refractivity contribution in [2.45, 2.75) is 71.5 Å². The van der Waals surface area contributed by atoms with Crippen molar-refractivity contribution < 1.29 is 24.3 Å². The molecule has 7 N–H and O–H groups in total. The van der Waals surface area contributed by atoms with Crippen LogP contribution in [0.2, 0.25) is 0 Å². The maximum absolute atomic E-state index is 13.0. The van der Waals surface area contributed by atoms with Crippen LogP contribution in [-0.4, -0.2) is 63.4 Å². The second-order valence-electron chi connectivity index (χ2n) is 8.67. The Bertz CT molecular complexity index is 750. The number of carbonyl (C=O) groups excluding carboxylic acids is 4. The van der Waals surface area contributed by atoms with Crippen LogP contribution in [0.1, 0.15) is 52.7 Å². The summed E-state index contributed by atoms with van der Waals surface area (Å²) >= 11 is 0. The van der Waals surface area contributed by atoms with E-state index in [1.807, 2.05) is 27.7 Å². The van der Waals surface area contributed by atoms with E-state index in [0.717, 1.165) is 0 Å². The lowest BCUT2D eigenvalue weighted by atomic mass is 10.0. The van der Waals surface area contributed by atoms with Crippen molar-refractivity contribution in [3.8, 4) is 0 Å². The summed E-state index contributed by atoms with van der Waals surface area (Å²) in [6, 6.07) is -3.19. The number of nitrogens with two attached hydrogens (primary N) is 1.